The molecule has 0 saturated carbocycles. The van der Waals surface area contributed by atoms with Crippen LogP contribution in [0.3, 0.4) is 0 Å². The number of ether oxygens (including phenoxy) is 1. The number of hydrogen-bond acceptors (Lipinski definition) is 9. The summed E-state index contributed by atoms with van der Waals surface area (Å²) in [5.74, 6) is 0.121. The van der Waals surface area contributed by atoms with Crippen LogP contribution in [0.25, 0.3) is 5.78 Å². The molecule has 0 bridgehead atoms. The number of fused-ring (bicyclic) bond motifs is 1. The Balaban J connectivity index is 1.62. The van der Waals surface area contributed by atoms with Crippen LogP contribution in [0.4, 0.5) is 5.13 Å². The minimum Gasteiger partial charge on any atom is -0.369 e. The van der Waals surface area contributed by atoms with E-state index in [0.717, 1.165) is 17.0 Å². The number of hydrogen-bond donors (Lipinski definition) is 1. The number of carbonyl (C=O) groups excluding carboxylic acids is 1. The van der Waals surface area contributed by atoms with Crippen molar-refractivity contribution in [3.05, 3.63) is 30.0 Å². The smallest absolute Gasteiger partial charge is 0.254 e. The summed E-state index contributed by atoms with van der Waals surface area (Å²) in [6.07, 6.45) is 2.13. The zero-order valence-corrected chi connectivity index (χ0v) is 16.7. The molecule has 0 radical (unpaired) electrons. The first-order valence-corrected chi connectivity index (χ1v) is 10.6. The maximum absolute atomic E-state index is 13.0. The highest BCUT2D eigenvalue weighted by molar-refractivity contribution is 7.91. The zero-order valence-electron chi connectivity index (χ0n) is 15.1. The van der Waals surface area contributed by atoms with Gasteiger partial charge in [0.25, 0.3) is 15.8 Å². The first-order chi connectivity index (χ1) is 13.3. The standard InChI is InChI=1S/C15H17N7O4S2/c1-9-5-11(22-14(19-9)17-8-18-22)12-7-21(3-4-26-12)28(24,25)13-6-16-15(27-13)20-10(2)23/h5-6,8,12H,3-4,7H2,1-2H3,(H,16,20,23). The lowest BCUT2D eigenvalue weighted by Crippen LogP contribution is -2.42. The van der Waals surface area contributed by atoms with Crippen molar-refractivity contribution in [3.8, 4) is 0 Å². The van der Waals surface area contributed by atoms with Crippen molar-refractivity contribution < 1.29 is 17.9 Å². The van der Waals surface area contributed by atoms with Crippen molar-refractivity contribution >= 4 is 38.2 Å². The molecule has 0 spiro atoms. The topological polar surface area (TPSA) is 132 Å². The molecule has 1 aliphatic heterocycles. The number of carbonyl (C=O) groups is 1. The van der Waals surface area contributed by atoms with Gasteiger partial charge in [-0.15, -0.1) is 0 Å². The van der Waals surface area contributed by atoms with E-state index in [4.69, 9.17) is 4.74 Å². The number of nitrogens with one attached hydrogen (secondary N) is 1. The molecular formula is C15H17N7O4S2. The van der Waals surface area contributed by atoms with E-state index in [-0.39, 0.29) is 34.9 Å². The van der Waals surface area contributed by atoms with Gasteiger partial charge in [0.2, 0.25) is 5.91 Å². The van der Waals surface area contributed by atoms with E-state index in [1.807, 2.05) is 13.0 Å². The molecule has 148 valence electrons. The third-order valence-corrected chi connectivity index (χ3v) is 7.34. The third-order valence-electron chi connectivity index (χ3n) is 4.13. The van der Waals surface area contributed by atoms with Gasteiger partial charge >= 0.3 is 0 Å². The third kappa shape index (κ3) is 3.48. The second-order valence-electron chi connectivity index (χ2n) is 6.18. The molecule has 28 heavy (non-hydrogen) atoms. The van der Waals surface area contributed by atoms with Crippen LogP contribution in [0.5, 0.6) is 0 Å². The van der Waals surface area contributed by atoms with Crippen LogP contribution in [0.15, 0.2) is 22.8 Å². The Morgan fingerprint density at radius 1 is 1.39 bits per heavy atom. The molecular weight excluding hydrogens is 406 g/mol. The molecule has 1 amide bonds. The van der Waals surface area contributed by atoms with E-state index < -0.39 is 16.1 Å². The number of aromatic nitrogens is 5. The number of morpholine rings is 1. The van der Waals surface area contributed by atoms with Gasteiger partial charge in [-0.2, -0.15) is 18.9 Å². The summed E-state index contributed by atoms with van der Waals surface area (Å²) in [6, 6.07) is 1.81. The van der Waals surface area contributed by atoms with Gasteiger partial charge in [-0.25, -0.2) is 18.4 Å². The Bertz CT molecular complexity index is 1140. The zero-order chi connectivity index (χ0) is 19.9. The monoisotopic (exact) mass is 423 g/mol. The molecule has 1 N–H and O–H groups in total. The lowest BCUT2D eigenvalue weighted by atomic mass is 10.2. The van der Waals surface area contributed by atoms with Crippen molar-refractivity contribution in [2.45, 2.75) is 24.2 Å². The summed E-state index contributed by atoms with van der Waals surface area (Å²) < 4.78 is 34.8. The van der Waals surface area contributed by atoms with Crippen LogP contribution in [0.2, 0.25) is 0 Å². The van der Waals surface area contributed by atoms with Crippen molar-refractivity contribution in [3.63, 3.8) is 0 Å². The first kappa shape index (κ1) is 18.9. The molecule has 1 fully saturated rings. The van der Waals surface area contributed by atoms with Gasteiger partial charge < -0.3 is 10.1 Å². The average molecular weight is 423 g/mol. The molecule has 1 aliphatic rings. The number of nitrogens with zero attached hydrogens (tertiary/aromatic N) is 6. The summed E-state index contributed by atoms with van der Waals surface area (Å²) in [5, 5.41) is 6.89. The molecule has 3 aromatic heterocycles. The van der Waals surface area contributed by atoms with Gasteiger partial charge in [0.1, 0.15) is 12.4 Å². The summed E-state index contributed by atoms with van der Waals surface area (Å²) in [5.41, 5.74) is 1.42. The Hall–Kier alpha value is -2.48. The fourth-order valence-corrected chi connectivity index (χ4v) is 5.58. The summed E-state index contributed by atoms with van der Waals surface area (Å²) in [7, 11) is -3.77. The summed E-state index contributed by atoms with van der Waals surface area (Å²) in [4.78, 5) is 23.5. The minimum absolute atomic E-state index is 0.0636. The van der Waals surface area contributed by atoms with E-state index in [2.05, 4.69) is 25.4 Å². The number of anilines is 1. The molecule has 4 heterocycles. The van der Waals surface area contributed by atoms with Crippen LogP contribution in [0, 0.1) is 6.92 Å². The molecule has 11 nitrogen and oxygen atoms in total. The molecule has 1 saturated heterocycles. The number of sulfonamides is 1. The molecule has 1 unspecified atom stereocenters. The molecule has 0 aliphatic carbocycles. The molecule has 1 atom stereocenters. The number of thiazole rings is 1. The van der Waals surface area contributed by atoms with Gasteiger partial charge in [0.15, 0.2) is 9.34 Å². The van der Waals surface area contributed by atoms with Gasteiger partial charge in [0.05, 0.1) is 18.5 Å². The minimum atomic E-state index is -3.77. The SMILES string of the molecule is CC(=O)Nc1ncc(S(=O)(=O)N2CCOC(c3cc(C)nc4ncnn34)C2)s1. The van der Waals surface area contributed by atoms with E-state index >= 15 is 0 Å². The Kier molecular flexibility index (Phi) is 4.82. The second kappa shape index (κ2) is 7.16. The van der Waals surface area contributed by atoms with Crippen LogP contribution in [0.1, 0.15) is 24.4 Å². The van der Waals surface area contributed by atoms with Crippen LogP contribution in [-0.2, 0) is 19.6 Å². The fraction of sp³-hybridized carbons (Fsp3) is 0.400. The van der Waals surface area contributed by atoms with Crippen LogP contribution in [-0.4, -0.2) is 62.9 Å². The Morgan fingerprint density at radius 3 is 3.00 bits per heavy atom. The van der Waals surface area contributed by atoms with Gasteiger partial charge in [0, 0.05) is 25.7 Å². The van der Waals surface area contributed by atoms with Gasteiger partial charge in [-0.1, -0.05) is 11.3 Å². The highest BCUT2D eigenvalue weighted by atomic mass is 32.2. The molecule has 0 aromatic carbocycles. The van der Waals surface area contributed by atoms with Gasteiger partial charge in [-0.05, 0) is 13.0 Å². The summed E-state index contributed by atoms with van der Waals surface area (Å²) in [6.45, 7) is 3.74. The van der Waals surface area contributed by atoms with Crippen molar-refractivity contribution in [2.24, 2.45) is 0 Å². The maximum atomic E-state index is 13.0. The predicted octanol–water partition coefficient (Wildman–Crippen LogP) is 0.610. The summed E-state index contributed by atoms with van der Waals surface area (Å²) >= 11 is 0.914. The Morgan fingerprint density at radius 2 is 2.21 bits per heavy atom. The van der Waals surface area contributed by atoms with E-state index in [1.165, 1.54) is 23.8 Å². The number of amides is 1. The average Bonchev–Trinajstić information content (AvgIpc) is 3.30. The number of rotatable bonds is 4. The van der Waals surface area contributed by atoms with Crippen molar-refractivity contribution in [2.75, 3.05) is 25.0 Å². The highest BCUT2D eigenvalue weighted by Gasteiger charge is 2.34. The quantitative estimate of drug-likeness (QED) is 0.646. The fourth-order valence-electron chi connectivity index (χ4n) is 2.93. The van der Waals surface area contributed by atoms with Crippen LogP contribution >= 0.6 is 11.3 Å². The normalized spacial score (nSPS) is 18.4. The molecule has 4 rings (SSSR count). The number of aryl methyl sites for hydroxylation is 1. The van der Waals surface area contributed by atoms with Gasteiger partial charge in [-0.3, -0.25) is 4.79 Å². The maximum Gasteiger partial charge on any atom is 0.254 e. The lowest BCUT2D eigenvalue weighted by Gasteiger charge is -2.31. The molecule has 13 heteroatoms. The molecule has 3 aromatic rings. The predicted molar refractivity (Wildman–Crippen MR) is 99.4 cm³/mol. The first-order valence-electron chi connectivity index (χ1n) is 8.37. The Labute approximate surface area is 164 Å². The largest absolute Gasteiger partial charge is 0.369 e. The van der Waals surface area contributed by atoms with E-state index in [0.29, 0.717) is 11.5 Å². The van der Waals surface area contributed by atoms with Crippen LogP contribution < -0.4 is 5.32 Å². The van der Waals surface area contributed by atoms with Crippen molar-refractivity contribution in [1.29, 1.82) is 0 Å². The van der Waals surface area contributed by atoms with E-state index in [1.54, 1.807) is 4.52 Å². The van der Waals surface area contributed by atoms with E-state index in [9.17, 15) is 13.2 Å². The second-order valence-corrected chi connectivity index (χ2v) is 9.38. The van der Waals surface area contributed by atoms with Crippen molar-refractivity contribution in [1.82, 2.24) is 28.9 Å². The lowest BCUT2D eigenvalue weighted by molar-refractivity contribution is -0.114. The highest BCUT2D eigenvalue weighted by Crippen LogP contribution is 2.30.